The fourth-order valence-corrected chi connectivity index (χ4v) is 4.52. The first-order chi connectivity index (χ1) is 12.6. The van der Waals surface area contributed by atoms with Crippen molar-refractivity contribution in [2.45, 2.75) is 45.6 Å². The molecule has 1 aliphatic heterocycles. The fourth-order valence-electron chi connectivity index (χ4n) is 3.06. The van der Waals surface area contributed by atoms with Gasteiger partial charge in [0.15, 0.2) is 16.7 Å². The molecule has 0 aromatic heterocycles. The van der Waals surface area contributed by atoms with Gasteiger partial charge < -0.3 is 14.8 Å². The Kier molecular flexibility index (Phi) is 6.64. The van der Waals surface area contributed by atoms with E-state index in [0.29, 0.717) is 40.8 Å². The normalized spacial score (nSPS) is 20.8. The van der Waals surface area contributed by atoms with Crippen molar-refractivity contribution in [3.8, 4) is 11.5 Å². The number of amidine groups is 1. The number of hydrogen-bond acceptors (Lipinski definition) is 5. The lowest BCUT2D eigenvalue weighted by Crippen LogP contribution is -2.21. The van der Waals surface area contributed by atoms with Crippen LogP contribution in [0.1, 0.15) is 45.1 Å². The van der Waals surface area contributed by atoms with Crippen molar-refractivity contribution in [1.82, 2.24) is 5.32 Å². The third-order valence-corrected chi connectivity index (χ3v) is 5.71. The second kappa shape index (κ2) is 8.95. The Bertz CT molecular complexity index is 743. The standard InChI is InChI=1S/C19H23BrN2O3S/c1-3-24-15-10-12(9-14(20)17(15)25-4-2)11-16-18(23)22-19(26-16)21-13-7-5-6-8-13/h9-11,13H,3-8H2,1-2H3,(H,21,22,23)/b16-11+. The second-order valence-corrected chi connectivity index (χ2v) is 8.02. The van der Waals surface area contributed by atoms with Crippen LogP contribution in [0.5, 0.6) is 11.5 Å². The number of aliphatic imine (C=N–C) groups is 1. The van der Waals surface area contributed by atoms with Gasteiger partial charge in [0.2, 0.25) is 0 Å². The average Bonchev–Trinajstić information content (AvgIpc) is 3.22. The van der Waals surface area contributed by atoms with E-state index >= 15 is 0 Å². The van der Waals surface area contributed by atoms with E-state index in [4.69, 9.17) is 9.47 Å². The van der Waals surface area contributed by atoms with Crippen LogP contribution in [0.15, 0.2) is 26.5 Å². The molecule has 1 heterocycles. The molecule has 0 radical (unpaired) electrons. The van der Waals surface area contributed by atoms with Crippen LogP contribution in [0.25, 0.3) is 6.08 Å². The summed E-state index contributed by atoms with van der Waals surface area (Å²) in [5.41, 5.74) is 0.878. The van der Waals surface area contributed by atoms with Crippen LogP contribution in [0.3, 0.4) is 0 Å². The maximum absolute atomic E-state index is 12.3. The number of carbonyl (C=O) groups excluding carboxylic acids is 1. The maximum Gasteiger partial charge on any atom is 0.264 e. The third-order valence-electron chi connectivity index (χ3n) is 4.19. The van der Waals surface area contributed by atoms with Crippen molar-refractivity contribution < 1.29 is 14.3 Å². The molecule has 2 aliphatic rings. The third kappa shape index (κ3) is 4.62. The van der Waals surface area contributed by atoms with Crippen molar-refractivity contribution in [1.29, 1.82) is 0 Å². The molecule has 1 saturated heterocycles. The minimum absolute atomic E-state index is 0.102. The highest BCUT2D eigenvalue weighted by Crippen LogP contribution is 2.38. The first kappa shape index (κ1) is 19.3. The summed E-state index contributed by atoms with van der Waals surface area (Å²) in [6.07, 6.45) is 6.54. The summed E-state index contributed by atoms with van der Waals surface area (Å²) in [6, 6.07) is 4.17. The van der Waals surface area contributed by atoms with Crippen molar-refractivity contribution in [3.63, 3.8) is 0 Å². The lowest BCUT2D eigenvalue weighted by molar-refractivity contribution is -0.115. The van der Waals surface area contributed by atoms with Gasteiger partial charge in [-0.15, -0.1) is 0 Å². The van der Waals surface area contributed by atoms with Crippen molar-refractivity contribution in [2.24, 2.45) is 4.99 Å². The van der Waals surface area contributed by atoms with Gasteiger partial charge in [0.05, 0.1) is 28.6 Å². The van der Waals surface area contributed by atoms with Gasteiger partial charge in [-0.3, -0.25) is 9.79 Å². The lowest BCUT2D eigenvalue weighted by Gasteiger charge is -2.13. The smallest absolute Gasteiger partial charge is 0.264 e. The molecule has 1 amide bonds. The highest BCUT2D eigenvalue weighted by Gasteiger charge is 2.26. The molecule has 140 valence electrons. The van der Waals surface area contributed by atoms with Gasteiger partial charge >= 0.3 is 0 Å². The van der Waals surface area contributed by atoms with E-state index in [0.717, 1.165) is 22.9 Å². The summed E-state index contributed by atoms with van der Waals surface area (Å²) >= 11 is 4.94. The van der Waals surface area contributed by atoms with Crippen LogP contribution < -0.4 is 14.8 Å². The predicted molar refractivity (Wildman–Crippen MR) is 110 cm³/mol. The van der Waals surface area contributed by atoms with E-state index in [1.165, 1.54) is 24.6 Å². The first-order valence-electron chi connectivity index (χ1n) is 8.98. The van der Waals surface area contributed by atoms with E-state index in [-0.39, 0.29) is 5.91 Å². The molecule has 3 rings (SSSR count). The molecule has 1 N–H and O–H groups in total. The Morgan fingerprint density at radius 2 is 2.00 bits per heavy atom. The molecular weight excluding hydrogens is 416 g/mol. The molecule has 0 atom stereocenters. The summed E-state index contributed by atoms with van der Waals surface area (Å²) < 4.78 is 12.2. The number of ether oxygens (including phenoxy) is 2. The second-order valence-electron chi connectivity index (χ2n) is 6.13. The Hall–Kier alpha value is -1.47. The van der Waals surface area contributed by atoms with Crippen molar-refractivity contribution in [2.75, 3.05) is 13.2 Å². The van der Waals surface area contributed by atoms with E-state index in [1.54, 1.807) is 0 Å². The molecule has 5 nitrogen and oxygen atoms in total. The fraction of sp³-hybridized carbons (Fsp3) is 0.474. The van der Waals surface area contributed by atoms with Crippen molar-refractivity contribution in [3.05, 3.63) is 27.1 Å². The maximum atomic E-state index is 12.3. The number of carbonyl (C=O) groups is 1. The number of nitrogens with zero attached hydrogens (tertiary/aromatic N) is 1. The van der Waals surface area contributed by atoms with Gasteiger partial charge in [-0.05, 0) is 78.2 Å². The van der Waals surface area contributed by atoms with E-state index in [1.807, 2.05) is 32.1 Å². The van der Waals surface area contributed by atoms with Gasteiger partial charge in [-0.25, -0.2) is 0 Å². The van der Waals surface area contributed by atoms with E-state index in [9.17, 15) is 4.79 Å². The number of amides is 1. The van der Waals surface area contributed by atoms with Gasteiger partial charge in [0.25, 0.3) is 5.91 Å². The Morgan fingerprint density at radius 1 is 1.27 bits per heavy atom. The number of halogens is 1. The summed E-state index contributed by atoms with van der Waals surface area (Å²) in [7, 11) is 0. The Labute approximate surface area is 166 Å². The number of rotatable bonds is 6. The molecule has 1 aliphatic carbocycles. The highest BCUT2D eigenvalue weighted by molar-refractivity contribution is 9.10. The first-order valence-corrected chi connectivity index (χ1v) is 10.6. The Morgan fingerprint density at radius 3 is 2.69 bits per heavy atom. The summed E-state index contributed by atoms with van der Waals surface area (Å²) in [5, 5.41) is 3.59. The molecule has 1 aromatic carbocycles. The lowest BCUT2D eigenvalue weighted by atomic mass is 10.2. The molecule has 0 bridgehead atoms. The molecule has 1 saturated carbocycles. The summed E-state index contributed by atoms with van der Waals surface area (Å²) in [4.78, 5) is 17.6. The number of thioether (sulfide) groups is 1. The molecular formula is C19H23BrN2O3S. The minimum Gasteiger partial charge on any atom is -0.490 e. The largest absolute Gasteiger partial charge is 0.490 e. The zero-order valence-corrected chi connectivity index (χ0v) is 17.4. The summed E-state index contributed by atoms with van der Waals surface area (Å²) in [5.74, 6) is 1.25. The summed E-state index contributed by atoms with van der Waals surface area (Å²) in [6.45, 7) is 4.96. The van der Waals surface area contributed by atoms with Crippen LogP contribution in [0.2, 0.25) is 0 Å². The molecule has 26 heavy (non-hydrogen) atoms. The van der Waals surface area contributed by atoms with Crippen LogP contribution in [-0.2, 0) is 4.79 Å². The topological polar surface area (TPSA) is 59.9 Å². The molecule has 0 unspecified atom stereocenters. The Balaban J connectivity index is 1.83. The monoisotopic (exact) mass is 438 g/mol. The van der Waals surface area contributed by atoms with Gasteiger partial charge in [0.1, 0.15) is 0 Å². The van der Waals surface area contributed by atoms with Gasteiger partial charge in [-0.2, -0.15) is 0 Å². The number of nitrogens with one attached hydrogen (secondary N) is 1. The highest BCUT2D eigenvalue weighted by atomic mass is 79.9. The molecule has 2 fully saturated rings. The van der Waals surface area contributed by atoms with Gasteiger partial charge in [-0.1, -0.05) is 12.8 Å². The van der Waals surface area contributed by atoms with Gasteiger partial charge in [0, 0.05) is 0 Å². The molecule has 0 spiro atoms. The van der Waals surface area contributed by atoms with E-state index < -0.39 is 0 Å². The average molecular weight is 439 g/mol. The van der Waals surface area contributed by atoms with Crippen molar-refractivity contribution >= 4 is 44.8 Å². The van der Waals surface area contributed by atoms with Crippen LogP contribution in [0.4, 0.5) is 0 Å². The van der Waals surface area contributed by atoms with Crippen LogP contribution in [0, 0.1) is 0 Å². The predicted octanol–water partition coefficient (Wildman–Crippen LogP) is 4.75. The zero-order chi connectivity index (χ0) is 18.5. The zero-order valence-electron chi connectivity index (χ0n) is 15.0. The van der Waals surface area contributed by atoms with Crippen LogP contribution >= 0.6 is 27.7 Å². The number of benzene rings is 1. The van der Waals surface area contributed by atoms with Crippen LogP contribution in [-0.4, -0.2) is 30.3 Å². The molecule has 7 heteroatoms. The number of hydrogen-bond donors (Lipinski definition) is 1. The van der Waals surface area contributed by atoms with E-state index in [2.05, 4.69) is 26.2 Å². The minimum atomic E-state index is -0.102. The SMILES string of the molecule is CCOc1cc(/C=C2/SC(=NC3CCCC3)NC2=O)cc(Br)c1OCC. The molecule has 1 aromatic rings. The quantitative estimate of drug-likeness (QED) is 0.650.